The molecule has 0 aliphatic carbocycles. The Labute approximate surface area is 105 Å². The van der Waals surface area contributed by atoms with Crippen LogP contribution in [0.3, 0.4) is 0 Å². The third kappa shape index (κ3) is 2.68. The lowest BCUT2D eigenvalue weighted by Crippen LogP contribution is -2.30. The molecule has 0 N–H and O–H groups in total. The molecule has 1 unspecified atom stereocenters. The molecular formula is C12H14Cl2FN. The minimum atomic E-state index is -0.229. The van der Waals surface area contributed by atoms with Crippen LogP contribution in [0.5, 0.6) is 0 Å². The van der Waals surface area contributed by atoms with Gasteiger partial charge in [-0.3, -0.25) is 4.90 Å². The second kappa shape index (κ2) is 5.35. The summed E-state index contributed by atoms with van der Waals surface area (Å²) in [5.74, 6) is 0.391. The summed E-state index contributed by atoms with van der Waals surface area (Å²) in [4.78, 5) is 2.24. The summed E-state index contributed by atoms with van der Waals surface area (Å²) in [5, 5.41) is 0.441. The van der Waals surface area contributed by atoms with Crippen LogP contribution in [-0.4, -0.2) is 23.4 Å². The van der Waals surface area contributed by atoms with E-state index in [1.165, 1.54) is 6.07 Å². The van der Waals surface area contributed by atoms with Crippen LogP contribution in [0.1, 0.15) is 18.4 Å². The van der Waals surface area contributed by atoms with Crippen LogP contribution in [-0.2, 0) is 6.54 Å². The zero-order valence-electron chi connectivity index (χ0n) is 8.93. The highest BCUT2D eigenvalue weighted by atomic mass is 35.5. The van der Waals surface area contributed by atoms with Gasteiger partial charge in [0.2, 0.25) is 0 Å². The van der Waals surface area contributed by atoms with Crippen LogP contribution in [0.15, 0.2) is 18.2 Å². The van der Waals surface area contributed by atoms with E-state index in [9.17, 15) is 4.39 Å². The molecule has 4 heteroatoms. The van der Waals surface area contributed by atoms with Gasteiger partial charge in [-0.2, -0.15) is 0 Å². The van der Waals surface area contributed by atoms with Gasteiger partial charge in [0.1, 0.15) is 5.82 Å². The lowest BCUT2D eigenvalue weighted by molar-refractivity contribution is 0.259. The minimum absolute atomic E-state index is 0.229. The van der Waals surface area contributed by atoms with Crippen molar-refractivity contribution in [1.82, 2.24) is 4.90 Å². The molecule has 88 valence electrons. The van der Waals surface area contributed by atoms with E-state index in [1.54, 1.807) is 12.1 Å². The van der Waals surface area contributed by atoms with E-state index in [-0.39, 0.29) is 5.82 Å². The highest BCUT2D eigenvalue weighted by Crippen LogP contribution is 2.23. The molecule has 0 saturated carbocycles. The van der Waals surface area contributed by atoms with Crippen molar-refractivity contribution in [2.75, 3.05) is 12.4 Å². The normalized spacial score (nSPS) is 21.6. The van der Waals surface area contributed by atoms with Crippen molar-refractivity contribution in [3.63, 3.8) is 0 Å². The van der Waals surface area contributed by atoms with Crippen LogP contribution in [0.2, 0.25) is 5.02 Å². The monoisotopic (exact) mass is 261 g/mol. The number of rotatable bonds is 3. The van der Waals surface area contributed by atoms with Crippen molar-refractivity contribution in [3.05, 3.63) is 34.6 Å². The lowest BCUT2D eigenvalue weighted by atomic mass is 10.2. The van der Waals surface area contributed by atoms with Crippen LogP contribution in [0.4, 0.5) is 4.39 Å². The molecule has 0 radical (unpaired) electrons. The molecule has 0 aromatic heterocycles. The van der Waals surface area contributed by atoms with Gasteiger partial charge in [-0.1, -0.05) is 17.7 Å². The maximum absolute atomic E-state index is 13.6. The van der Waals surface area contributed by atoms with Gasteiger partial charge in [0.25, 0.3) is 0 Å². The smallest absolute Gasteiger partial charge is 0.129 e. The first-order chi connectivity index (χ1) is 7.70. The van der Waals surface area contributed by atoms with E-state index in [0.29, 0.717) is 29.1 Å². The molecule has 1 fully saturated rings. The third-order valence-electron chi connectivity index (χ3n) is 3.07. The molecular weight excluding hydrogens is 248 g/mol. The molecule has 1 aliphatic heterocycles. The Balaban J connectivity index is 2.08. The quantitative estimate of drug-likeness (QED) is 0.751. The first-order valence-corrected chi connectivity index (χ1v) is 6.36. The first kappa shape index (κ1) is 12.2. The number of likely N-dealkylation sites (tertiary alicyclic amines) is 1. The largest absolute Gasteiger partial charge is 0.295 e. The zero-order valence-corrected chi connectivity index (χ0v) is 10.4. The van der Waals surface area contributed by atoms with Crippen LogP contribution >= 0.6 is 23.2 Å². The highest BCUT2D eigenvalue weighted by molar-refractivity contribution is 6.30. The van der Waals surface area contributed by atoms with Gasteiger partial charge in [0.05, 0.1) is 0 Å². The fraction of sp³-hybridized carbons (Fsp3) is 0.500. The van der Waals surface area contributed by atoms with Gasteiger partial charge in [-0.15, -0.1) is 11.6 Å². The Kier molecular flexibility index (Phi) is 4.06. The fourth-order valence-corrected chi connectivity index (χ4v) is 2.66. The number of hydrogen-bond acceptors (Lipinski definition) is 1. The predicted octanol–water partition coefficient (Wildman–Crippen LogP) is 3.68. The van der Waals surface area contributed by atoms with Crippen molar-refractivity contribution in [1.29, 1.82) is 0 Å². The summed E-state index contributed by atoms with van der Waals surface area (Å²) in [6.45, 7) is 1.62. The van der Waals surface area contributed by atoms with Crippen LogP contribution in [0, 0.1) is 5.82 Å². The summed E-state index contributed by atoms with van der Waals surface area (Å²) in [7, 11) is 0. The number of nitrogens with zero attached hydrogens (tertiary/aromatic N) is 1. The standard InChI is InChI=1S/C12H14Cl2FN/c13-7-11-2-1-5-16(11)8-9-3-4-10(14)6-12(9)15/h3-4,6,11H,1-2,5,7-8H2. The molecule has 2 rings (SSSR count). The molecule has 0 bridgehead atoms. The molecule has 1 nitrogen and oxygen atoms in total. The van der Waals surface area contributed by atoms with E-state index in [1.807, 2.05) is 0 Å². The number of hydrogen-bond donors (Lipinski definition) is 0. The highest BCUT2D eigenvalue weighted by Gasteiger charge is 2.24. The van der Waals surface area contributed by atoms with E-state index in [2.05, 4.69) is 4.90 Å². The van der Waals surface area contributed by atoms with E-state index >= 15 is 0 Å². The average molecular weight is 262 g/mol. The average Bonchev–Trinajstić information content (AvgIpc) is 2.69. The first-order valence-electron chi connectivity index (χ1n) is 5.44. The summed E-state index contributed by atoms with van der Waals surface area (Å²) < 4.78 is 13.6. The summed E-state index contributed by atoms with van der Waals surface area (Å²) in [6, 6.07) is 5.23. The van der Waals surface area contributed by atoms with Gasteiger partial charge in [-0.25, -0.2) is 4.39 Å². The Morgan fingerprint density at radius 3 is 2.94 bits per heavy atom. The molecule has 0 spiro atoms. The van der Waals surface area contributed by atoms with E-state index < -0.39 is 0 Å². The maximum atomic E-state index is 13.6. The van der Waals surface area contributed by atoms with Crippen molar-refractivity contribution < 1.29 is 4.39 Å². The fourth-order valence-electron chi connectivity index (χ4n) is 2.15. The molecule has 1 saturated heterocycles. The van der Waals surface area contributed by atoms with E-state index in [0.717, 1.165) is 19.4 Å². The number of benzene rings is 1. The Morgan fingerprint density at radius 1 is 1.44 bits per heavy atom. The molecule has 0 amide bonds. The topological polar surface area (TPSA) is 3.24 Å². The van der Waals surface area contributed by atoms with Crippen molar-refractivity contribution in [3.8, 4) is 0 Å². The third-order valence-corrected chi connectivity index (χ3v) is 3.66. The van der Waals surface area contributed by atoms with Crippen LogP contribution < -0.4 is 0 Å². The maximum Gasteiger partial charge on any atom is 0.129 e. The van der Waals surface area contributed by atoms with Gasteiger partial charge >= 0.3 is 0 Å². The van der Waals surface area contributed by atoms with Gasteiger partial charge < -0.3 is 0 Å². The molecule has 1 atom stereocenters. The number of halogens is 3. The summed E-state index contributed by atoms with van der Waals surface area (Å²) in [5.41, 5.74) is 0.696. The van der Waals surface area contributed by atoms with Gasteiger partial charge in [0, 0.05) is 29.1 Å². The van der Waals surface area contributed by atoms with Gasteiger partial charge in [-0.05, 0) is 31.5 Å². The Bertz CT molecular complexity index is 370. The van der Waals surface area contributed by atoms with Crippen molar-refractivity contribution >= 4 is 23.2 Å². The Morgan fingerprint density at radius 2 is 2.25 bits per heavy atom. The zero-order chi connectivity index (χ0) is 11.5. The van der Waals surface area contributed by atoms with E-state index in [4.69, 9.17) is 23.2 Å². The summed E-state index contributed by atoms with van der Waals surface area (Å²) >= 11 is 11.6. The van der Waals surface area contributed by atoms with Gasteiger partial charge in [0.15, 0.2) is 0 Å². The Hall–Kier alpha value is -0.310. The second-order valence-electron chi connectivity index (χ2n) is 4.16. The molecule has 1 aromatic carbocycles. The van der Waals surface area contributed by atoms with Crippen molar-refractivity contribution in [2.45, 2.75) is 25.4 Å². The SMILES string of the molecule is Fc1cc(Cl)ccc1CN1CCCC1CCl. The predicted molar refractivity (Wildman–Crippen MR) is 65.6 cm³/mol. The number of alkyl halides is 1. The summed E-state index contributed by atoms with van der Waals surface area (Å²) in [6.07, 6.45) is 2.26. The molecule has 1 aliphatic rings. The van der Waals surface area contributed by atoms with Crippen LogP contribution in [0.25, 0.3) is 0 Å². The molecule has 1 aromatic rings. The minimum Gasteiger partial charge on any atom is -0.295 e. The lowest BCUT2D eigenvalue weighted by Gasteiger charge is -2.22. The molecule has 16 heavy (non-hydrogen) atoms. The van der Waals surface area contributed by atoms with Crippen molar-refractivity contribution in [2.24, 2.45) is 0 Å². The molecule has 1 heterocycles. The second-order valence-corrected chi connectivity index (χ2v) is 4.90.